The molecule has 0 fully saturated rings. The van der Waals surface area contributed by atoms with Gasteiger partial charge in [0.15, 0.2) is 5.75 Å². The van der Waals surface area contributed by atoms with Gasteiger partial charge in [-0.3, -0.25) is 4.79 Å². The van der Waals surface area contributed by atoms with Crippen molar-refractivity contribution in [2.24, 2.45) is 0 Å². The van der Waals surface area contributed by atoms with E-state index in [-0.39, 0.29) is 5.75 Å². The topological polar surface area (TPSA) is 63.6 Å². The number of furan rings is 1. The normalized spacial score (nSPS) is 10.6. The number of aromatic hydroxyl groups is 1. The van der Waals surface area contributed by atoms with Crippen LogP contribution in [0.4, 0.5) is 0 Å². The predicted octanol–water partition coefficient (Wildman–Crippen LogP) is 2.54. The number of rotatable bonds is 3. The molecule has 0 atom stereocenters. The smallest absolute Gasteiger partial charge is 0.226 e. The molecule has 0 aliphatic carbocycles. The molecule has 5 heteroatoms. The molecule has 0 saturated heterocycles. The molecule has 0 spiro atoms. The molecule has 2 aromatic heterocycles. The van der Waals surface area contributed by atoms with Gasteiger partial charge in [-0.1, -0.05) is 0 Å². The molecule has 0 unspecified atom stereocenters. The summed E-state index contributed by atoms with van der Waals surface area (Å²) >= 11 is 1.51. The molecule has 1 N–H and O–H groups in total. The van der Waals surface area contributed by atoms with E-state index in [4.69, 9.17) is 13.9 Å². The molecule has 4 nitrogen and oxygen atoms in total. The lowest BCUT2D eigenvalue weighted by atomic mass is 10.4. The van der Waals surface area contributed by atoms with Gasteiger partial charge < -0.3 is 13.9 Å². The molecule has 16 heavy (non-hydrogen) atoms. The first-order valence-electron chi connectivity index (χ1n) is 4.64. The number of hydrogen-bond acceptors (Lipinski definition) is 5. The van der Waals surface area contributed by atoms with Crippen molar-refractivity contribution in [3.8, 4) is 5.75 Å². The maximum Gasteiger partial charge on any atom is 0.226 e. The standard InChI is InChI=1S/C11H10O4S/c1-7-11(2-3-14-7)16-6-8-4-9(12)10(13)5-15-8/h2-5,13H,6H2,1H3. The quantitative estimate of drug-likeness (QED) is 0.832. The van der Waals surface area contributed by atoms with Gasteiger partial charge in [0.1, 0.15) is 17.8 Å². The molecule has 0 aliphatic heterocycles. The number of thioether (sulfide) groups is 1. The molecule has 2 heterocycles. The van der Waals surface area contributed by atoms with Crippen LogP contribution in [-0.4, -0.2) is 5.11 Å². The molecular formula is C11H10O4S. The summed E-state index contributed by atoms with van der Waals surface area (Å²) in [5.41, 5.74) is -0.425. The van der Waals surface area contributed by atoms with E-state index < -0.39 is 5.43 Å². The lowest BCUT2D eigenvalue weighted by molar-refractivity contribution is 0.419. The van der Waals surface area contributed by atoms with Crippen LogP contribution < -0.4 is 5.43 Å². The number of hydrogen-bond donors (Lipinski definition) is 1. The van der Waals surface area contributed by atoms with Crippen molar-refractivity contribution in [2.75, 3.05) is 0 Å². The lowest BCUT2D eigenvalue weighted by Gasteiger charge is -1.99. The Bertz CT molecular complexity index is 541. The fourth-order valence-electron chi connectivity index (χ4n) is 1.19. The van der Waals surface area contributed by atoms with Gasteiger partial charge in [0.2, 0.25) is 5.43 Å². The van der Waals surface area contributed by atoms with Crippen LogP contribution in [0, 0.1) is 6.92 Å². The molecule has 0 amide bonds. The van der Waals surface area contributed by atoms with Crippen LogP contribution >= 0.6 is 11.8 Å². The zero-order chi connectivity index (χ0) is 11.5. The van der Waals surface area contributed by atoms with Gasteiger partial charge in [0.25, 0.3) is 0 Å². The van der Waals surface area contributed by atoms with E-state index in [1.165, 1.54) is 17.8 Å². The largest absolute Gasteiger partial charge is 0.502 e. The van der Waals surface area contributed by atoms with Crippen molar-refractivity contribution in [2.45, 2.75) is 17.6 Å². The van der Waals surface area contributed by atoms with E-state index in [0.29, 0.717) is 11.5 Å². The minimum atomic E-state index is -0.425. The van der Waals surface area contributed by atoms with Crippen LogP contribution in [0.3, 0.4) is 0 Å². The monoisotopic (exact) mass is 238 g/mol. The fourth-order valence-corrected chi connectivity index (χ4v) is 2.04. The van der Waals surface area contributed by atoms with Crippen molar-refractivity contribution in [1.29, 1.82) is 0 Å². The van der Waals surface area contributed by atoms with Gasteiger partial charge in [-0.15, -0.1) is 11.8 Å². The van der Waals surface area contributed by atoms with E-state index in [0.717, 1.165) is 16.9 Å². The summed E-state index contributed by atoms with van der Waals surface area (Å²) < 4.78 is 10.2. The summed E-state index contributed by atoms with van der Waals surface area (Å²) in [6.07, 6.45) is 2.67. The van der Waals surface area contributed by atoms with Crippen molar-refractivity contribution < 1.29 is 13.9 Å². The minimum Gasteiger partial charge on any atom is -0.502 e. The van der Waals surface area contributed by atoms with Gasteiger partial charge in [-0.2, -0.15) is 0 Å². The van der Waals surface area contributed by atoms with Crippen molar-refractivity contribution >= 4 is 11.8 Å². The molecule has 0 aromatic carbocycles. The van der Waals surface area contributed by atoms with Crippen molar-refractivity contribution in [3.05, 3.63) is 46.4 Å². The first kappa shape index (κ1) is 10.9. The van der Waals surface area contributed by atoms with Gasteiger partial charge in [-0.25, -0.2) is 0 Å². The predicted molar refractivity (Wildman–Crippen MR) is 59.6 cm³/mol. The van der Waals surface area contributed by atoms with Crippen LogP contribution in [0.25, 0.3) is 0 Å². The Kier molecular flexibility index (Phi) is 3.05. The summed E-state index contributed by atoms with van der Waals surface area (Å²) in [5, 5.41) is 9.01. The Morgan fingerprint density at radius 3 is 2.88 bits per heavy atom. The Hall–Kier alpha value is -1.62. The molecule has 2 aromatic rings. The highest BCUT2D eigenvalue weighted by atomic mass is 32.2. The van der Waals surface area contributed by atoms with Crippen LogP contribution in [0.2, 0.25) is 0 Å². The summed E-state index contributed by atoms with van der Waals surface area (Å²) in [5.74, 6) is 1.52. The van der Waals surface area contributed by atoms with E-state index in [9.17, 15) is 4.79 Å². The molecule has 0 aliphatic rings. The second kappa shape index (κ2) is 4.49. The summed E-state index contributed by atoms with van der Waals surface area (Å²) in [7, 11) is 0. The molecule has 0 bridgehead atoms. The fraction of sp³-hybridized carbons (Fsp3) is 0.182. The Morgan fingerprint density at radius 2 is 2.25 bits per heavy atom. The summed E-state index contributed by atoms with van der Waals surface area (Å²) in [6, 6.07) is 3.15. The minimum absolute atomic E-state index is 0.367. The maximum atomic E-state index is 11.1. The Balaban J connectivity index is 2.08. The van der Waals surface area contributed by atoms with E-state index in [1.54, 1.807) is 6.26 Å². The third kappa shape index (κ3) is 2.30. The van der Waals surface area contributed by atoms with Gasteiger partial charge in [-0.05, 0) is 13.0 Å². The van der Waals surface area contributed by atoms with Crippen LogP contribution in [0.1, 0.15) is 11.5 Å². The highest BCUT2D eigenvalue weighted by molar-refractivity contribution is 7.98. The maximum absolute atomic E-state index is 11.1. The van der Waals surface area contributed by atoms with Gasteiger partial charge in [0.05, 0.1) is 12.0 Å². The third-order valence-corrected chi connectivity index (χ3v) is 3.21. The second-order valence-electron chi connectivity index (χ2n) is 3.23. The van der Waals surface area contributed by atoms with E-state index in [2.05, 4.69) is 0 Å². The SMILES string of the molecule is Cc1occc1SCc1cc(=O)c(O)co1. The van der Waals surface area contributed by atoms with Crippen molar-refractivity contribution in [3.63, 3.8) is 0 Å². The molecule has 0 radical (unpaired) electrons. The Morgan fingerprint density at radius 1 is 1.44 bits per heavy atom. The highest BCUT2D eigenvalue weighted by Gasteiger charge is 2.05. The second-order valence-corrected chi connectivity index (χ2v) is 4.24. The molecule has 2 rings (SSSR count). The molecule has 0 saturated carbocycles. The average Bonchev–Trinajstić information content (AvgIpc) is 2.66. The van der Waals surface area contributed by atoms with Crippen LogP contribution in [0.5, 0.6) is 5.75 Å². The molecular weight excluding hydrogens is 228 g/mol. The third-order valence-electron chi connectivity index (χ3n) is 2.05. The van der Waals surface area contributed by atoms with Gasteiger partial charge in [0, 0.05) is 11.0 Å². The van der Waals surface area contributed by atoms with Gasteiger partial charge >= 0.3 is 0 Å². The van der Waals surface area contributed by atoms with Crippen LogP contribution in [0.15, 0.2) is 43.2 Å². The lowest BCUT2D eigenvalue weighted by Crippen LogP contribution is -1.98. The first-order valence-corrected chi connectivity index (χ1v) is 5.63. The zero-order valence-corrected chi connectivity index (χ0v) is 9.41. The number of aryl methyl sites for hydroxylation is 1. The highest BCUT2D eigenvalue weighted by Crippen LogP contribution is 2.26. The first-order chi connectivity index (χ1) is 7.66. The van der Waals surface area contributed by atoms with Crippen LogP contribution in [-0.2, 0) is 5.75 Å². The summed E-state index contributed by atoms with van der Waals surface area (Å²) in [6.45, 7) is 1.87. The summed E-state index contributed by atoms with van der Waals surface area (Å²) in [4.78, 5) is 12.1. The molecule has 84 valence electrons. The average molecular weight is 238 g/mol. The van der Waals surface area contributed by atoms with Crippen molar-refractivity contribution in [1.82, 2.24) is 0 Å². The Labute approximate surface area is 95.9 Å². The zero-order valence-electron chi connectivity index (χ0n) is 8.60. The van der Waals surface area contributed by atoms with E-state index >= 15 is 0 Å². The van der Waals surface area contributed by atoms with E-state index in [1.807, 2.05) is 13.0 Å².